The summed E-state index contributed by atoms with van der Waals surface area (Å²) in [4.78, 5) is 36.7. The largest absolute Gasteiger partial charge is 0.476 e. The van der Waals surface area contributed by atoms with Crippen LogP contribution in [0, 0.1) is 15.5 Å². The number of rotatable bonds is 4. The highest BCUT2D eigenvalue weighted by Gasteiger charge is 2.69. The second kappa shape index (κ2) is 8.91. The minimum Gasteiger partial charge on any atom is -0.476 e. The third-order valence-corrected chi connectivity index (χ3v) is 6.84. The third-order valence-electron chi connectivity index (χ3n) is 6.05. The Labute approximate surface area is 218 Å². The Hall–Kier alpha value is -3.32. The summed E-state index contributed by atoms with van der Waals surface area (Å²) in [5.74, 6) is -1.50. The van der Waals surface area contributed by atoms with Gasteiger partial charge in [-0.05, 0) is 24.5 Å². The van der Waals surface area contributed by atoms with Gasteiger partial charge in [-0.3, -0.25) is 15.0 Å². The van der Waals surface area contributed by atoms with Crippen molar-refractivity contribution in [2.45, 2.75) is 49.9 Å². The van der Waals surface area contributed by atoms with Crippen LogP contribution in [0.5, 0.6) is 0 Å². The average Bonchev–Trinajstić information content (AvgIpc) is 3.21. The van der Waals surface area contributed by atoms with E-state index in [2.05, 4.69) is 5.10 Å². The number of nitro groups is 1. The molecule has 2 aromatic rings. The standard InChI is InChI=1S/C22H22Cl2F3N5O5/c1-19(2,3)15-14(11-7-5-6-8-12(11)22(25,26)27)31(18(28)35)20(4,17(32(36)37)21(15,23)24)30-10-9-13(29-30)16(33)34/h5-10,17H,1-4H3,(H2,28,35)(H,33,34). The van der Waals surface area contributed by atoms with Gasteiger partial charge in [-0.2, -0.15) is 18.3 Å². The summed E-state index contributed by atoms with van der Waals surface area (Å²) >= 11 is 13.4. The molecule has 0 saturated carbocycles. The molecular formula is C22H22Cl2F3N5O5. The number of carboxylic acid groups (broad SMARTS) is 1. The zero-order valence-electron chi connectivity index (χ0n) is 19.9. The molecule has 200 valence electrons. The smallest absolute Gasteiger partial charge is 0.417 e. The fourth-order valence-corrected chi connectivity index (χ4v) is 6.05. The van der Waals surface area contributed by atoms with Crippen LogP contribution in [0.25, 0.3) is 5.70 Å². The molecule has 3 rings (SSSR count). The molecule has 37 heavy (non-hydrogen) atoms. The lowest BCUT2D eigenvalue weighted by Crippen LogP contribution is -2.69. The first-order valence-electron chi connectivity index (χ1n) is 10.6. The van der Waals surface area contributed by atoms with Crippen molar-refractivity contribution < 1.29 is 32.8 Å². The van der Waals surface area contributed by atoms with Gasteiger partial charge in [0.2, 0.25) is 10.00 Å². The molecule has 1 aliphatic heterocycles. The van der Waals surface area contributed by atoms with Crippen molar-refractivity contribution in [1.29, 1.82) is 0 Å². The molecule has 0 saturated heterocycles. The lowest BCUT2D eigenvalue weighted by molar-refractivity contribution is -0.547. The van der Waals surface area contributed by atoms with Crippen molar-refractivity contribution in [2.75, 3.05) is 0 Å². The monoisotopic (exact) mass is 563 g/mol. The van der Waals surface area contributed by atoms with Crippen molar-refractivity contribution in [1.82, 2.24) is 14.7 Å². The van der Waals surface area contributed by atoms with Crippen LogP contribution < -0.4 is 5.73 Å². The Bertz CT molecular complexity index is 1320. The van der Waals surface area contributed by atoms with Gasteiger partial charge in [0.1, 0.15) is 0 Å². The van der Waals surface area contributed by atoms with E-state index in [9.17, 15) is 38.0 Å². The molecule has 2 unspecified atom stereocenters. The predicted molar refractivity (Wildman–Crippen MR) is 127 cm³/mol. The van der Waals surface area contributed by atoms with E-state index < -0.39 is 67.1 Å². The van der Waals surface area contributed by atoms with Crippen LogP contribution in [-0.4, -0.2) is 47.1 Å². The SMILES string of the molecule is CC(C)(C)C1=C(c2ccccc2C(F)(F)F)N(C(N)=O)C(C)(n2ccc(C(=O)O)n2)C([N+](=O)[O-])C1(Cl)Cl. The van der Waals surface area contributed by atoms with Crippen LogP contribution in [0.2, 0.25) is 0 Å². The number of nitrogens with two attached hydrogens (primary N) is 1. The van der Waals surface area contributed by atoms with Gasteiger partial charge in [-0.15, -0.1) is 0 Å². The van der Waals surface area contributed by atoms with E-state index in [-0.39, 0.29) is 5.57 Å². The molecule has 2 heterocycles. The number of carbonyl (C=O) groups is 2. The van der Waals surface area contributed by atoms with Gasteiger partial charge in [0, 0.05) is 22.3 Å². The highest BCUT2D eigenvalue weighted by molar-refractivity contribution is 6.51. The number of hydrogen-bond acceptors (Lipinski definition) is 5. The first kappa shape index (κ1) is 28.3. The number of carbonyl (C=O) groups excluding carboxylic acids is 1. The molecule has 1 aromatic carbocycles. The van der Waals surface area contributed by atoms with E-state index in [0.717, 1.165) is 42.1 Å². The van der Waals surface area contributed by atoms with Crippen molar-refractivity contribution in [3.8, 4) is 0 Å². The molecule has 1 aliphatic rings. The first-order chi connectivity index (χ1) is 16.8. The number of nitrogens with zero attached hydrogens (tertiary/aromatic N) is 4. The van der Waals surface area contributed by atoms with Gasteiger partial charge >= 0.3 is 18.2 Å². The lowest BCUT2D eigenvalue weighted by atomic mass is 9.73. The molecule has 2 amide bonds. The average molecular weight is 564 g/mol. The van der Waals surface area contributed by atoms with Gasteiger partial charge in [-0.25, -0.2) is 14.3 Å². The minimum absolute atomic E-state index is 0.274. The maximum atomic E-state index is 14.1. The third kappa shape index (κ3) is 4.50. The molecule has 0 fully saturated rings. The predicted octanol–water partition coefficient (Wildman–Crippen LogP) is 4.94. The van der Waals surface area contributed by atoms with Crippen LogP contribution in [0.4, 0.5) is 18.0 Å². The summed E-state index contributed by atoms with van der Waals surface area (Å²) in [5.41, 5.74) is -1.05. The molecule has 15 heteroatoms. The second-order valence-corrected chi connectivity index (χ2v) is 10.9. The Morgan fingerprint density at radius 2 is 1.76 bits per heavy atom. The van der Waals surface area contributed by atoms with E-state index in [1.54, 1.807) is 0 Å². The summed E-state index contributed by atoms with van der Waals surface area (Å²) in [6.45, 7) is 5.59. The molecule has 0 spiro atoms. The number of halogens is 5. The van der Waals surface area contributed by atoms with Crippen molar-refractivity contribution in [3.05, 3.63) is 69.0 Å². The van der Waals surface area contributed by atoms with E-state index in [1.807, 2.05) is 0 Å². The number of amides is 2. The molecule has 2 atom stereocenters. The minimum atomic E-state index is -4.92. The van der Waals surface area contributed by atoms with Crippen LogP contribution in [0.3, 0.4) is 0 Å². The van der Waals surface area contributed by atoms with E-state index in [0.29, 0.717) is 4.90 Å². The topological polar surface area (TPSA) is 145 Å². The second-order valence-electron chi connectivity index (χ2n) is 9.55. The van der Waals surface area contributed by atoms with E-state index in [4.69, 9.17) is 28.9 Å². The van der Waals surface area contributed by atoms with E-state index >= 15 is 0 Å². The van der Waals surface area contributed by atoms with Gasteiger partial charge in [0.15, 0.2) is 5.69 Å². The fraction of sp³-hybridized carbons (Fsp3) is 0.409. The number of urea groups is 1. The molecule has 0 bridgehead atoms. The Balaban J connectivity index is 2.62. The summed E-state index contributed by atoms with van der Waals surface area (Å²) in [7, 11) is 0. The first-order valence-corrected chi connectivity index (χ1v) is 11.3. The number of hydrogen-bond donors (Lipinski definition) is 2. The van der Waals surface area contributed by atoms with Crippen LogP contribution in [0.1, 0.15) is 49.3 Å². The summed E-state index contributed by atoms with van der Waals surface area (Å²) in [5, 5.41) is 25.7. The van der Waals surface area contributed by atoms with Crippen molar-refractivity contribution in [2.24, 2.45) is 11.1 Å². The molecule has 10 nitrogen and oxygen atoms in total. The van der Waals surface area contributed by atoms with Gasteiger partial charge in [0.05, 0.1) is 11.3 Å². The summed E-state index contributed by atoms with van der Waals surface area (Å²) in [6.07, 6.45) is -3.91. The number of aromatic nitrogens is 2. The summed E-state index contributed by atoms with van der Waals surface area (Å²) < 4.78 is 40.6. The Kier molecular flexibility index (Phi) is 6.80. The number of alkyl halides is 5. The number of benzene rings is 1. The molecule has 3 N–H and O–H groups in total. The van der Waals surface area contributed by atoms with Crippen LogP contribution in [-0.2, 0) is 11.8 Å². The zero-order valence-corrected chi connectivity index (χ0v) is 21.4. The zero-order chi connectivity index (χ0) is 28.3. The molecule has 0 radical (unpaired) electrons. The summed E-state index contributed by atoms with van der Waals surface area (Å²) in [6, 6.07) is 1.64. The Morgan fingerprint density at radius 3 is 2.19 bits per heavy atom. The van der Waals surface area contributed by atoms with Gasteiger partial charge in [-0.1, -0.05) is 62.2 Å². The van der Waals surface area contributed by atoms with Gasteiger partial charge < -0.3 is 10.8 Å². The number of carboxylic acids is 1. The lowest BCUT2D eigenvalue weighted by Gasteiger charge is -2.52. The number of primary amides is 1. The van der Waals surface area contributed by atoms with Crippen molar-refractivity contribution in [3.63, 3.8) is 0 Å². The van der Waals surface area contributed by atoms with Crippen LogP contribution >= 0.6 is 23.2 Å². The highest BCUT2D eigenvalue weighted by Crippen LogP contribution is 2.58. The maximum absolute atomic E-state index is 14.1. The van der Waals surface area contributed by atoms with E-state index in [1.165, 1.54) is 26.8 Å². The molecular weight excluding hydrogens is 542 g/mol. The van der Waals surface area contributed by atoms with Gasteiger partial charge in [0.25, 0.3) is 6.04 Å². The maximum Gasteiger partial charge on any atom is 0.417 e. The van der Waals surface area contributed by atoms with Crippen molar-refractivity contribution >= 4 is 40.9 Å². The quantitative estimate of drug-likeness (QED) is 0.306. The van der Waals surface area contributed by atoms with Crippen LogP contribution in [0.15, 0.2) is 42.1 Å². The number of aromatic carboxylic acids is 1. The Morgan fingerprint density at radius 1 is 1.19 bits per heavy atom. The molecule has 0 aliphatic carbocycles. The normalized spacial score (nSPS) is 22.2. The fourth-order valence-electron chi connectivity index (χ4n) is 4.73. The highest BCUT2D eigenvalue weighted by atomic mass is 35.5. The molecule has 1 aromatic heterocycles.